The van der Waals surface area contributed by atoms with Crippen molar-refractivity contribution in [3.63, 3.8) is 0 Å². The Labute approximate surface area is 160 Å². The summed E-state index contributed by atoms with van der Waals surface area (Å²) < 4.78 is 12.4. The number of benzene rings is 1. The second kappa shape index (κ2) is 6.74. The van der Waals surface area contributed by atoms with Gasteiger partial charge >= 0.3 is 0 Å². The van der Waals surface area contributed by atoms with E-state index in [0.717, 1.165) is 35.2 Å². The number of hydrogen-bond acceptors (Lipinski definition) is 2. The fourth-order valence-corrected chi connectivity index (χ4v) is 6.28. The van der Waals surface area contributed by atoms with E-state index in [2.05, 4.69) is 51.6 Å². The van der Waals surface area contributed by atoms with Crippen molar-refractivity contribution < 1.29 is 9.16 Å². The minimum atomic E-state index is -0.903. The minimum absolute atomic E-state index is 0.227. The lowest BCUT2D eigenvalue weighted by Crippen LogP contribution is -2.40. The van der Waals surface area contributed by atoms with Gasteiger partial charge in [-0.3, -0.25) is 0 Å². The molecule has 26 heavy (non-hydrogen) atoms. The summed E-state index contributed by atoms with van der Waals surface area (Å²) in [6, 6.07) is 8.62. The third-order valence-corrected chi connectivity index (χ3v) is 9.56. The van der Waals surface area contributed by atoms with Crippen molar-refractivity contribution in [1.82, 2.24) is 0 Å². The van der Waals surface area contributed by atoms with E-state index in [0.29, 0.717) is 0 Å². The van der Waals surface area contributed by atoms with Gasteiger partial charge in [0.1, 0.15) is 11.5 Å². The van der Waals surface area contributed by atoms with E-state index in [4.69, 9.17) is 9.16 Å². The third kappa shape index (κ3) is 3.35. The molecule has 1 radical (unpaired) electrons. The third-order valence-electron chi connectivity index (χ3n) is 6.91. The fourth-order valence-electron chi connectivity index (χ4n) is 5.50. The molecule has 141 valence electrons. The average Bonchev–Trinajstić information content (AvgIpc) is 2.57. The molecule has 4 fully saturated rings. The van der Waals surface area contributed by atoms with Crippen molar-refractivity contribution in [2.75, 3.05) is 7.11 Å². The first-order valence-corrected chi connectivity index (χ1v) is 12.2. The lowest BCUT2D eigenvalue weighted by Gasteiger charge is -2.51. The standard InChI is InChI=1S/C23H33O2Si/c1-23(2,3)26(5)25-20-8-6-7-17(14-20)22(24-4)21-18-10-15-9-16(12-18)13-19(21)11-15/h6-8,14-16,18-19H,9-13H2,1-5H3. The fraction of sp³-hybridized carbons (Fsp3) is 0.652. The van der Waals surface area contributed by atoms with Gasteiger partial charge in [-0.25, -0.2) is 0 Å². The van der Waals surface area contributed by atoms with Crippen molar-refractivity contribution in [3.8, 4) is 5.75 Å². The molecule has 0 spiro atoms. The van der Waals surface area contributed by atoms with Crippen LogP contribution in [0.25, 0.3) is 5.76 Å². The molecule has 0 saturated heterocycles. The molecule has 0 aromatic heterocycles. The number of rotatable bonds is 4. The monoisotopic (exact) mass is 369 g/mol. The first kappa shape index (κ1) is 18.2. The summed E-state index contributed by atoms with van der Waals surface area (Å²) in [6.07, 6.45) is 7.03. The van der Waals surface area contributed by atoms with Gasteiger partial charge in [0, 0.05) is 5.56 Å². The Balaban J connectivity index is 1.64. The summed E-state index contributed by atoms with van der Waals surface area (Å²) in [7, 11) is 0.949. The maximum atomic E-state index is 6.34. The van der Waals surface area contributed by atoms with Crippen LogP contribution in [0.15, 0.2) is 29.8 Å². The molecule has 4 aliphatic carbocycles. The molecule has 0 unspecified atom stereocenters. The van der Waals surface area contributed by atoms with Gasteiger partial charge in [0.25, 0.3) is 9.04 Å². The molecule has 0 amide bonds. The lowest BCUT2D eigenvalue weighted by atomic mass is 9.54. The Morgan fingerprint density at radius 2 is 1.62 bits per heavy atom. The van der Waals surface area contributed by atoms with Crippen molar-refractivity contribution in [2.45, 2.75) is 64.5 Å². The molecule has 0 heterocycles. The van der Waals surface area contributed by atoms with E-state index >= 15 is 0 Å². The van der Waals surface area contributed by atoms with Gasteiger partial charge in [-0.05, 0) is 85.1 Å². The van der Waals surface area contributed by atoms with Crippen LogP contribution in [0.5, 0.6) is 5.75 Å². The maximum absolute atomic E-state index is 6.34. The van der Waals surface area contributed by atoms with Crippen LogP contribution in [0, 0.1) is 23.7 Å². The highest BCUT2D eigenvalue weighted by Crippen LogP contribution is 2.58. The second-order valence-electron chi connectivity index (χ2n) is 9.73. The molecule has 3 heteroatoms. The normalized spacial score (nSPS) is 30.0. The number of allylic oxidation sites excluding steroid dienone is 1. The molecule has 0 atom stereocenters. The van der Waals surface area contributed by atoms with Crippen LogP contribution < -0.4 is 4.43 Å². The molecule has 2 nitrogen and oxygen atoms in total. The highest BCUT2D eigenvalue weighted by Gasteiger charge is 2.46. The zero-order valence-electron chi connectivity index (χ0n) is 17.0. The molecule has 0 N–H and O–H groups in total. The molecular weight excluding hydrogens is 336 g/mol. The van der Waals surface area contributed by atoms with Crippen LogP contribution in [0.4, 0.5) is 0 Å². The smallest absolute Gasteiger partial charge is 0.283 e. The molecular formula is C23H33O2Si. The van der Waals surface area contributed by atoms with Crippen LogP contribution in [0.3, 0.4) is 0 Å². The summed E-state index contributed by atoms with van der Waals surface area (Å²) >= 11 is 0. The molecule has 0 aliphatic heterocycles. The molecule has 1 aromatic rings. The Kier molecular flexibility index (Phi) is 4.71. The van der Waals surface area contributed by atoms with E-state index < -0.39 is 9.04 Å². The SMILES string of the molecule is COC(=C1C2CC3CC(C2)CC1C3)c1cccc(O[Si](C)C(C)(C)C)c1. The highest BCUT2D eigenvalue weighted by atomic mass is 28.3. The van der Waals surface area contributed by atoms with Crippen LogP contribution in [0.1, 0.15) is 58.4 Å². The van der Waals surface area contributed by atoms with Gasteiger partial charge in [-0.1, -0.05) is 32.9 Å². The number of hydrogen-bond donors (Lipinski definition) is 0. The van der Waals surface area contributed by atoms with Gasteiger partial charge < -0.3 is 9.16 Å². The van der Waals surface area contributed by atoms with E-state index in [9.17, 15) is 0 Å². The van der Waals surface area contributed by atoms with Crippen LogP contribution in [0.2, 0.25) is 11.6 Å². The minimum Gasteiger partial charge on any atom is -0.542 e. The summed E-state index contributed by atoms with van der Waals surface area (Å²) in [5.41, 5.74) is 2.82. The second-order valence-corrected chi connectivity index (χ2v) is 12.5. The van der Waals surface area contributed by atoms with Crippen LogP contribution >= 0.6 is 0 Å². The topological polar surface area (TPSA) is 18.5 Å². The highest BCUT2D eigenvalue weighted by molar-refractivity contribution is 6.54. The largest absolute Gasteiger partial charge is 0.542 e. The molecule has 4 saturated carbocycles. The Morgan fingerprint density at radius 1 is 1.00 bits per heavy atom. The van der Waals surface area contributed by atoms with E-state index in [1.54, 1.807) is 5.57 Å². The summed E-state index contributed by atoms with van der Waals surface area (Å²) in [4.78, 5) is 0. The van der Waals surface area contributed by atoms with Crippen LogP contribution in [-0.2, 0) is 4.74 Å². The van der Waals surface area contributed by atoms with Gasteiger partial charge in [-0.15, -0.1) is 0 Å². The van der Waals surface area contributed by atoms with E-state index in [1.165, 1.54) is 37.7 Å². The molecule has 1 aromatic carbocycles. The van der Waals surface area contributed by atoms with Gasteiger partial charge in [-0.2, -0.15) is 0 Å². The van der Waals surface area contributed by atoms with Crippen molar-refractivity contribution in [1.29, 1.82) is 0 Å². The van der Waals surface area contributed by atoms with Gasteiger partial charge in [0.15, 0.2) is 0 Å². The van der Waals surface area contributed by atoms with E-state index in [-0.39, 0.29) is 5.04 Å². The van der Waals surface area contributed by atoms with E-state index in [1.807, 2.05) is 7.11 Å². The lowest BCUT2D eigenvalue weighted by molar-refractivity contribution is 0.0675. The Bertz CT molecular complexity index is 670. The maximum Gasteiger partial charge on any atom is 0.283 e. The van der Waals surface area contributed by atoms with Gasteiger partial charge in [0.2, 0.25) is 0 Å². The van der Waals surface area contributed by atoms with Crippen molar-refractivity contribution in [3.05, 3.63) is 35.4 Å². The first-order chi connectivity index (χ1) is 12.3. The molecule has 5 rings (SSSR count). The van der Waals surface area contributed by atoms with Gasteiger partial charge in [0.05, 0.1) is 7.11 Å². The zero-order valence-corrected chi connectivity index (χ0v) is 18.0. The summed E-state index contributed by atoms with van der Waals surface area (Å²) in [6.45, 7) is 9.05. The quantitative estimate of drug-likeness (QED) is 0.458. The summed E-state index contributed by atoms with van der Waals surface area (Å²) in [5, 5.41) is 0.227. The predicted molar refractivity (Wildman–Crippen MR) is 109 cm³/mol. The predicted octanol–water partition coefficient (Wildman–Crippen LogP) is 6.30. The Morgan fingerprint density at radius 3 is 2.15 bits per heavy atom. The average molecular weight is 370 g/mol. The van der Waals surface area contributed by atoms with Crippen molar-refractivity contribution >= 4 is 14.8 Å². The molecule has 4 bridgehead atoms. The first-order valence-electron chi connectivity index (χ1n) is 10.3. The zero-order chi connectivity index (χ0) is 18.5. The van der Waals surface area contributed by atoms with Crippen LogP contribution in [-0.4, -0.2) is 16.2 Å². The Hall–Kier alpha value is -1.22. The molecule has 4 aliphatic rings. The number of methoxy groups -OCH3 is 1. The summed E-state index contributed by atoms with van der Waals surface area (Å²) in [5.74, 6) is 5.60. The number of ether oxygens (including phenoxy) is 1. The van der Waals surface area contributed by atoms with Crippen molar-refractivity contribution in [2.24, 2.45) is 23.7 Å².